The van der Waals surface area contributed by atoms with Crippen LogP contribution >= 0.6 is 0 Å². The van der Waals surface area contributed by atoms with E-state index in [1.54, 1.807) is 0 Å². The highest BCUT2D eigenvalue weighted by Gasteiger charge is 2.43. The maximum absolute atomic E-state index is 2.48. The van der Waals surface area contributed by atoms with E-state index in [1.807, 2.05) is 0 Å². The van der Waals surface area contributed by atoms with Gasteiger partial charge in [0, 0.05) is 45.0 Å². The summed E-state index contributed by atoms with van der Waals surface area (Å²) in [4.78, 5) is 4.65. The second-order valence-corrected chi connectivity index (χ2v) is 20.8. The molecule has 0 aromatic heterocycles. The summed E-state index contributed by atoms with van der Waals surface area (Å²) in [5.41, 5.74) is 22.4. The Labute approximate surface area is 422 Å². The Balaban J connectivity index is 0.866. The molecule has 0 N–H and O–H groups in total. The van der Waals surface area contributed by atoms with Crippen LogP contribution in [0.5, 0.6) is 0 Å². The van der Waals surface area contributed by atoms with Crippen molar-refractivity contribution in [2.75, 3.05) is 9.80 Å². The lowest BCUT2D eigenvalue weighted by atomic mass is 9.74. The van der Waals surface area contributed by atoms with Crippen LogP contribution in [0.2, 0.25) is 0 Å². The highest BCUT2D eigenvalue weighted by Crippen LogP contribution is 2.61. The van der Waals surface area contributed by atoms with Crippen molar-refractivity contribution in [3.63, 3.8) is 0 Å². The second-order valence-electron chi connectivity index (χ2n) is 20.8. The van der Waals surface area contributed by atoms with Crippen LogP contribution in [-0.2, 0) is 10.8 Å². The predicted molar refractivity (Wildman–Crippen MR) is 306 cm³/mol. The summed E-state index contributed by atoms with van der Waals surface area (Å²) < 4.78 is 0. The average Bonchev–Trinajstić information content (AvgIpc) is 3.82. The third-order valence-corrected chi connectivity index (χ3v) is 16.1. The van der Waals surface area contributed by atoms with Gasteiger partial charge in [0.1, 0.15) is 0 Å². The molecule has 0 amide bonds. The van der Waals surface area contributed by atoms with Crippen molar-refractivity contribution in [1.82, 2.24) is 0 Å². The molecule has 0 saturated heterocycles. The van der Waals surface area contributed by atoms with Crippen molar-refractivity contribution in [2.24, 2.45) is 0 Å². The average molecular weight is 921 g/mol. The highest BCUT2D eigenvalue weighted by atomic mass is 15.1. The Morgan fingerprint density at radius 1 is 0.264 bits per heavy atom. The standard InChI is InChI=1S/C70H52N2/c1-69(2)61-43-47(45-31-37-53(38-32-45)71(49-19-9-5-10-20-49)50-21-11-6-12-22-50)35-41-55(61)65-57-27-17-28-58-63(57)64-59(67(65)69)29-18-30-60(64)68-66(58)56-42-36-48(44-62(56)70(68,3)4)46-33-39-54(40-34-46)72(51-23-13-7-14-24-51)52-25-15-8-16-26-52/h5-44H,1-4H3. The zero-order chi connectivity index (χ0) is 48.3. The molecule has 0 spiro atoms. The largest absolute Gasteiger partial charge is 0.311 e. The smallest absolute Gasteiger partial charge is 0.0462 e. The fourth-order valence-corrected chi connectivity index (χ4v) is 12.9. The van der Waals surface area contributed by atoms with Crippen molar-refractivity contribution in [1.29, 1.82) is 0 Å². The molecule has 0 atom stereocenters. The Hall–Kier alpha value is -8.72. The van der Waals surface area contributed by atoms with Crippen LogP contribution in [0.15, 0.2) is 243 Å². The van der Waals surface area contributed by atoms with E-state index in [2.05, 4.69) is 280 Å². The van der Waals surface area contributed by atoms with Gasteiger partial charge in [-0.2, -0.15) is 0 Å². The first-order valence-electron chi connectivity index (χ1n) is 25.3. The molecular weight excluding hydrogens is 869 g/mol. The quantitative estimate of drug-likeness (QED) is 0.140. The normalized spacial score (nSPS) is 13.8. The van der Waals surface area contributed by atoms with Crippen LogP contribution in [0.25, 0.3) is 76.8 Å². The van der Waals surface area contributed by atoms with Gasteiger partial charge in [0.2, 0.25) is 0 Å². The summed E-state index contributed by atoms with van der Waals surface area (Å²) in [5, 5.41) is 8.23. The Bertz CT molecular complexity index is 3710. The molecule has 0 fully saturated rings. The molecule has 2 heteroatoms. The van der Waals surface area contributed by atoms with Crippen molar-refractivity contribution in [3.8, 4) is 44.5 Å². The van der Waals surface area contributed by atoms with Gasteiger partial charge in [-0.15, -0.1) is 0 Å². The van der Waals surface area contributed by atoms with Crippen LogP contribution in [0.4, 0.5) is 34.1 Å². The lowest BCUT2D eigenvalue weighted by molar-refractivity contribution is 0.665. The van der Waals surface area contributed by atoms with Gasteiger partial charge in [0.25, 0.3) is 0 Å². The van der Waals surface area contributed by atoms with E-state index in [-0.39, 0.29) is 10.8 Å². The lowest BCUT2D eigenvalue weighted by Gasteiger charge is -2.28. The first-order chi connectivity index (χ1) is 35.3. The predicted octanol–water partition coefficient (Wildman–Crippen LogP) is 19.5. The minimum absolute atomic E-state index is 0.229. The number of para-hydroxylation sites is 4. The number of hydrogen-bond acceptors (Lipinski definition) is 2. The second kappa shape index (κ2) is 15.9. The Morgan fingerprint density at radius 2 is 0.556 bits per heavy atom. The van der Waals surface area contributed by atoms with Gasteiger partial charge in [0.05, 0.1) is 0 Å². The van der Waals surface area contributed by atoms with E-state index in [4.69, 9.17) is 0 Å². The maximum Gasteiger partial charge on any atom is 0.0462 e. The van der Waals surface area contributed by atoms with Crippen molar-refractivity contribution < 1.29 is 0 Å². The minimum Gasteiger partial charge on any atom is -0.311 e. The van der Waals surface area contributed by atoms with Crippen molar-refractivity contribution >= 4 is 66.4 Å². The van der Waals surface area contributed by atoms with E-state index in [9.17, 15) is 0 Å². The van der Waals surface area contributed by atoms with Crippen LogP contribution in [0.3, 0.4) is 0 Å². The lowest BCUT2D eigenvalue weighted by Crippen LogP contribution is -2.17. The number of rotatable bonds is 8. The van der Waals surface area contributed by atoms with Crippen LogP contribution in [0, 0.1) is 0 Å². The molecule has 12 aromatic rings. The molecule has 14 rings (SSSR count). The van der Waals surface area contributed by atoms with Gasteiger partial charge in [0.15, 0.2) is 0 Å². The van der Waals surface area contributed by atoms with Gasteiger partial charge >= 0.3 is 0 Å². The molecule has 72 heavy (non-hydrogen) atoms. The molecule has 0 unspecified atom stereocenters. The van der Waals surface area contributed by atoms with Gasteiger partial charge in [-0.1, -0.05) is 185 Å². The molecule has 0 heterocycles. The molecule has 0 saturated carbocycles. The summed E-state index contributed by atoms with van der Waals surface area (Å²) >= 11 is 0. The molecule has 12 aromatic carbocycles. The topological polar surface area (TPSA) is 6.48 Å². The molecule has 0 bridgehead atoms. The van der Waals surface area contributed by atoms with E-state index in [0.29, 0.717) is 0 Å². The van der Waals surface area contributed by atoms with Gasteiger partial charge in [-0.3, -0.25) is 0 Å². The van der Waals surface area contributed by atoms with E-state index in [1.165, 1.54) is 99.1 Å². The summed E-state index contributed by atoms with van der Waals surface area (Å²) in [6.07, 6.45) is 0. The third kappa shape index (κ3) is 6.22. The molecule has 342 valence electrons. The van der Waals surface area contributed by atoms with Gasteiger partial charge < -0.3 is 9.80 Å². The van der Waals surface area contributed by atoms with E-state index in [0.717, 1.165) is 34.1 Å². The van der Waals surface area contributed by atoms with Crippen LogP contribution < -0.4 is 9.80 Å². The summed E-state index contributed by atoms with van der Waals surface area (Å²) in [5.74, 6) is 0. The third-order valence-electron chi connectivity index (χ3n) is 16.1. The first kappa shape index (κ1) is 42.2. The molecular formula is C70H52N2. The minimum atomic E-state index is -0.229. The van der Waals surface area contributed by atoms with E-state index < -0.39 is 0 Å². The summed E-state index contributed by atoms with van der Waals surface area (Å²) in [6.45, 7) is 9.80. The van der Waals surface area contributed by atoms with Crippen molar-refractivity contribution in [2.45, 2.75) is 38.5 Å². The number of benzene rings is 12. The number of anilines is 6. The maximum atomic E-state index is 2.48. The molecule has 0 radical (unpaired) electrons. The summed E-state index contributed by atoms with van der Waals surface area (Å²) in [6, 6.07) is 89.5. The fourth-order valence-electron chi connectivity index (χ4n) is 12.9. The molecule has 2 nitrogen and oxygen atoms in total. The monoisotopic (exact) mass is 920 g/mol. The van der Waals surface area contributed by atoms with Gasteiger partial charge in [-0.05, 0) is 184 Å². The fraction of sp³-hybridized carbons (Fsp3) is 0.0857. The molecule has 0 aliphatic heterocycles. The first-order valence-corrected chi connectivity index (χ1v) is 25.3. The Kier molecular flexibility index (Phi) is 9.32. The summed E-state index contributed by atoms with van der Waals surface area (Å²) in [7, 11) is 0. The zero-order valence-corrected chi connectivity index (χ0v) is 41.0. The molecule has 2 aliphatic rings. The number of nitrogens with zero attached hydrogens (tertiary/aromatic N) is 2. The molecule has 2 aliphatic carbocycles. The number of fused-ring (bicyclic) bond motifs is 10. The van der Waals surface area contributed by atoms with Crippen LogP contribution in [0.1, 0.15) is 49.9 Å². The zero-order valence-electron chi connectivity index (χ0n) is 41.0. The highest BCUT2D eigenvalue weighted by molar-refractivity contribution is 6.33. The SMILES string of the molecule is CC1(C)c2cc(-c3ccc(N(c4ccccc4)c4ccccc4)cc3)ccc2-c2c1c1cccc3c4c(c5cccc2c5c13)-c1ccc(-c2ccc(N(c3ccccc3)c3ccccc3)cc2)cc1C4(C)C. The number of hydrogen-bond donors (Lipinski definition) is 0. The van der Waals surface area contributed by atoms with E-state index >= 15 is 0 Å². The van der Waals surface area contributed by atoms with Crippen molar-refractivity contribution in [3.05, 3.63) is 265 Å². The van der Waals surface area contributed by atoms with Gasteiger partial charge in [-0.25, -0.2) is 0 Å². The van der Waals surface area contributed by atoms with Crippen LogP contribution in [-0.4, -0.2) is 0 Å². The Morgan fingerprint density at radius 3 is 0.903 bits per heavy atom.